The molecule has 1 fully saturated rings. The number of hydrogen-bond acceptors (Lipinski definition) is 6. The van der Waals surface area contributed by atoms with Gasteiger partial charge in [-0.05, 0) is 31.3 Å². The van der Waals surface area contributed by atoms with Crippen molar-refractivity contribution in [3.63, 3.8) is 0 Å². The molecule has 0 saturated carbocycles. The molecule has 1 aliphatic heterocycles. The minimum Gasteiger partial charge on any atom is -0.466 e. The average Bonchev–Trinajstić information content (AvgIpc) is 2.41. The topological polar surface area (TPSA) is 69.7 Å². The van der Waals surface area contributed by atoms with E-state index in [1.54, 1.807) is 18.7 Å². The Bertz CT molecular complexity index is 352. The predicted molar refractivity (Wildman–Crippen MR) is 66.4 cm³/mol. The molecule has 2 atom stereocenters. The first-order chi connectivity index (χ1) is 7.94. The lowest BCUT2D eigenvalue weighted by Gasteiger charge is -2.21. The summed E-state index contributed by atoms with van der Waals surface area (Å²) in [7, 11) is -3.54. The summed E-state index contributed by atoms with van der Waals surface area (Å²) >= 11 is 1.70. The van der Waals surface area contributed by atoms with Gasteiger partial charge in [-0.25, -0.2) is 0 Å². The molecule has 100 valence electrons. The Morgan fingerprint density at radius 2 is 2.00 bits per heavy atom. The minimum absolute atomic E-state index is 0.300. The second-order valence-corrected chi connectivity index (χ2v) is 6.71. The van der Waals surface area contributed by atoms with Crippen molar-refractivity contribution in [3.8, 4) is 0 Å². The molecule has 0 aromatic rings. The number of rotatable bonds is 4. The number of esters is 1. The summed E-state index contributed by atoms with van der Waals surface area (Å²) in [6, 6.07) is 0. The zero-order chi connectivity index (χ0) is 12.9. The van der Waals surface area contributed by atoms with Gasteiger partial charge in [0.05, 0.1) is 24.9 Å². The number of ether oxygens (including phenoxy) is 1. The van der Waals surface area contributed by atoms with E-state index in [-0.39, 0.29) is 5.97 Å². The van der Waals surface area contributed by atoms with E-state index in [4.69, 9.17) is 8.92 Å². The number of carbonyl (C=O) groups is 1. The second-order valence-electron chi connectivity index (χ2n) is 3.89. The van der Waals surface area contributed by atoms with Gasteiger partial charge in [-0.3, -0.25) is 8.98 Å². The molecule has 1 aliphatic rings. The first kappa shape index (κ1) is 14.8. The summed E-state index contributed by atoms with van der Waals surface area (Å²) in [5, 5.41) is 0. The van der Waals surface area contributed by atoms with Crippen LogP contribution in [0.2, 0.25) is 0 Å². The molecule has 0 aliphatic carbocycles. The summed E-state index contributed by atoms with van der Waals surface area (Å²) in [4.78, 5) is 11.7. The monoisotopic (exact) mass is 282 g/mol. The average molecular weight is 282 g/mol. The lowest BCUT2D eigenvalue weighted by Crippen LogP contribution is -2.33. The van der Waals surface area contributed by atoms with Crippen molar-refractivity contribution in [1.29, 1.82) is 0 Å². The number of carbonyl (C=O) groups excluding carboxylic acids is 1. The molecule has 1 saturated heterocycles. The molecule has 17 heavy (non-hydrogen) atoms. The molecule has 0 amide bonds. The highest BCUT2D eigenvalue weighted by Gasteiger charge is 2.34. The van der Waals surface area contributed by atoms with Crippen molar-refractivity contribution in [2.24, 2.45) is 5.92 Å². The van der Waals surface area contributed by atoms with Crippen LogP contribution in [-0.4, -0.2) is 44.9 Å². The third-order valence-electron chi connectivity index (χ3n) is 2.46. The van der Waals surface area contributed by atoms with E-state index in [0.29, 0.717) is 19.4 Å². The smallest absolute Gasteiger partial charge is 0.311 e. The third kappa shape index (κ3) is 5.27. The van der Waals surface area contributed by atoms with Crippen LogP contribution in [0.1, 0.15) is 19.8 Å². The summed E-state index contributed by atoms with van der Waals surface area (Å²) in [6.07, 6.45) is 1.58. The van der Waals surface area contributed by atoms with Crippen LogP contribution in [0.5, 0.6) is 0 Å². The van der Waals surface area contributed by atoms with Gasteiger partial charge in [-0.2, -0.15) is 20.2 Å². The SMILES string of the molecule is CCOC(=O)C1CCSCCC1OS(C)(=O)=O. The van der Waals surface area contributed by atoms with Crippen molar-refractivity contribution < 1.29 is 22.1 Å². The van der Waals surface area contributed by atoms with Crippen LogP contribution >= 0.6 is 11.8 Å². The molecule has 1 rings (SSSR count). The molecule has 0 bridgehead atoms. The zero-order valence-electron chi connectivity index (χ0n) is 10.0. The third-order valence-corrected chi connectivity index (χ3v) is 4.10. The van der Waals surface area contributed by atoms with E-state index in [9.17, 15) is 13.2 Å². The normalized spacial score (nSPS) is 26.2. The van der Waals surface area contributed by atoms with E-state index in [0.717, 1.165) is 17.8 Å². The Morgan fingerprint density at radius 1 is 1.35 bits per heavy atom. The molecule has 0 N–H and O–H groups in total. The van der Waals surface area contributed by atoms with Crippen molar-refractivity contribution in [2.45, 2.75) is 25.9 Å². The Labute approximate surface area is 106 Å². The van der Waals surface area contributed by atoms with E-state index in [1.165, 1.54) is 0 Å². The fraction of sp³-hybridized carbons (Fsp3) is 0.900. The summed E-state index contributed by atoms with van der Waals surface area (Å²) in [5.41, 5.74) is 0. The molecule has 0 spiro atoms. The maximum Gasteiger partial charge on any atom is 0.311 e. The second kappa shape index (κ2) is 6.61. The lowest BCUT2D eigenvalue weighted by molar-refractivity contribution is -0.151. The molecule has 1 heterocycles. The van der Waals surface area contributed by atoms with Crippen LogP contribution in [0.3, 0.4) is 0 Å². The highest BCUT2D eigenvalue weighted by molar-refractivity contribution is 7.99. The fourth-order valence-corrected chi connectivity index (χ4v) is 3.46. The van der Waals surface area contributed by atoms with Gasteiger partial charge < -0.3 is 4.74 Å². The fourth-order valence-electron chi connectivity index (χ4n) is 1.76. The van der Waals surface area contributed by atoms with Crippen molar-refractivity contribution in [2.75, 3.05) is 24.4 Å². The maximum absolute atomic E-state index is 11.7. The van der Waals surface area contributed by atoms with E-state index in [2.05, 4.69) is 0 Å². The molecular weight excluding hydrogens is 264 g/mol. The van der Waals surface area contributed by atoms with Crippen molar-refractivity contribution >= 4 is 27.8 Å². The Kier molecular flexibility index (Phi) is 5.75. The van der Waals surface area contributed by atoms with Gasteiger partial charge in [0.2, 0.25) is 0 Å². The molecule has 0 aromatic carbocycles. The van der Waals surface area contributed by atoms with E-state index < -0.39 is 22.1 Å². The van der Waals surface area contributed by atoms with E-state index in [1.807, 2.05) is 0 Å². The lowest BCUT2D eigenvalue weighted by atomic mass is 9.98. The summed E-state index contributed by atoms with van der Waals surface area (Å²) in [6.45, 7) is 2.03. The van der Waals surface area contributed by atoms with Gasteiger partial charge >= 0.3 is 5.97 Å². The predicted octanol–water partition coefficient (Wildman–Crippen LogP) is 1.04. The molecule has 0 aromatic heterocycles. The van der Waals surface area contributed by atoms with Crippen LogP contribution in [0.4, 0.5) is 0 Å². The largest absolute Gasteiger partial charge is 0.466 e. The van der Waals surface area contributed by atoms with Crippen LogP contribution < -0.4 is 0 Å². The highest BCUT2D eigenvalue weighted by Crippen LogP contribution is 2.27. The Balaban J connectivity index is 2.75. The van der Waals surface area contributed by atoms with Gasteiger partial charge in [0.25, 0.3) is 10.1 Å². The molecule has 0 radical (unpaired) electrons. The van der Waals surface area contributed by atoms with Crippen LogP contribution in [-0.2, 0) is 23.8 Å². The van der Waals surface area contributed by atoms with Crippen LogP contribution in [0.15, 0.2) is 0 Å². The summed E-state index contributed by atoms with van der Waals surface area (Å²) < 4.78 is 32.3. The standard InChI is InChI=1S/C10H18O5S2/c1-3-14-10(11)8-4-6-16-7-5-9(8)15-17(2,12)13/h8-9H,3-7H2,1-2H3. The number of thioether (sulfide) groups is 1. The van der Waals surface area contributed by atoms with Crippen molar-refractivity contribution in [3.05, 3.63) is 0 Å². The van der Waals surface area contributed by atoms with E-state index >= 15 is 0 Å². The molecular formula is C10H18O5S2. The number of hydrogen-bond donors (Lipinski definition) is 0. The van der Waals surface area contributed by atoms with Gasteiger partial charge in [0, 0.05) is 0 Å². The summed E-state index contributed by atoms with van der Waals surface area (Å²) in [5.74, 6) is 0.798. The van der Waals surface area contributed by atoms with Gasteiger partial charge in [-0.15, -0.1) is 0 Å². The molecule has 2 unspecified atom stereocenters. The molecule has 7 heteroatoms. The van der Waals surface area contributed by atoms with Crippen LogP contribution in [0.25, 0.3) is 0 Å². The Hall–Kier alpha value is -0.270. The van der Waals surface area contributed by atoms with Crippen molar-refractivity contribution in [1.82, 2.24) is 0 Å². The van der Waals surface area contributed by atoms with Gasteiger partial charge in [0.15, 0.2) is 0 Å². The minimum atomic E-state index is -3.54. The maximum atomic E-state index is 11.7. The van der Waals surface area contributed by atoms with Gasteiger partial charge in [-0.1, -0.05) is 0 Å². The highest BCUT2D eigenvalue weighted by atomic mass is 32.2. The molecule has 5 nitrogen and oxygen atoms in total. The quantitative estimate of drug-likeness (QED) is 0.567. The van der Waals surface area contributed by atoms with Crippen LogP contribution in [0, 0.1) is 5.92 Å². The first-order valence-corrected chi connectivity index (χ1v) is 8.54. The zero-order valence-corrected chi connectivity index (χ0v) is 11.7. The Morgan fingerprint density at radius 3 is 2.59 bits per heavy atom. The van der Waals surface area contributed by atoms with Gasteiger partial charge in [0.1, 0.15) is 0 Å². The first-order valence-electron chi connectivity index (χ1n) is 5.56.